The Kier molecular flexibility index (Phi) is 6.49. The highest BCUT2D eigenvalue weighted by atomic mass is 35.5. The van der Waals surface area contributed by atoms with E-state index in [-0.39, 0.29) is 12.6 Å². The maximum Gasteiger partial charge on any atom is 0.319 e. The van der Waals surface area contributed by atoms with Crippen molar-refractivity contribution in [3.05, 3.63) is 28.8 Å². The number of anilines is 1. The van der Waals surface area contributed by atoms with Gasteiger partial charge in [-0.15, -0.1) is 0 Å². The monoisotopic (exact) mass is 325 g/mol. The molecule has 1 aliphatic rings. The van der Waals surface area contributed by atoms with Gasteiger partial charge in [0.2, 0.25) is 0 Å². The number of nitrogens with one attached hydrogen (secondary N) is 2. The van der Waals surface area contributed by atoms with E-state index < -0.39 is 6.10 Å². The molecule has 1 saturated heterocycles. The van der Waals surface area contributed by atoms with E-state index >= 15 is 0 Å². The molecule has 1 aromatic rings. The molecule has 22 heavy (non-hydrogen) atoms. The van der Waals surface area contributed by atoms with Crippen LogP contribution < -0.4 is 10.6 Å². The highest BCUT2D eigenvalue weighted by molar-refractivity contribution is 6.31. The molecule has 0 spiro atoms. The average Bonchev–Trinajstić information content (AvgIpc) is 2.51. The van der Waals surface area contributed by atoms with Gasteiger partial charge in [-0.1, -0.05) is 24.1 Å². The Balaban J connectivity index is 1.73. The molecule has 122 valence electrons. The second kappa shape index (κ2) is 8.36. The number of piperidine rings is 1. The number of amides is 2. The van der Waals surface area contributed by atoms with Crippen molar-refractivity contribution in [1.29, 1.82) is 0 Å². The molecule has 1 heterocycles. The van der Waals surface area contributed by atoms with E-state index in [2.05, 4.69) is 15.5 Å². The maximum absolute atomic E-state index is 11.9. The molecule has 1 fully saturated rings. The molecule has 2 amide bonds. The summed E-state index contributed by atoms with van der Waals surface area (Å²) in [6, 6.07) is 5.03. The Morgan fingerprint density at radius 2 is 2.09 bits per heavy atom. The van der Waals surface area contributed by atoms with Crippen LogP contribution in [0.3, 0.4) is 0 Å². The summed E-state index contributed by atoms with van der Waals surface area (Å²) < 4.78 is 0. The first-order valence-corrected chi connectivity index (χ1v) is 8.14. The number of nitrogens with zero attached hydrogens (tertiary/aromatic N) is 1. The first-order chi connectivity index (χ1) is 10.6. The molecule has 5 nitrogen and oxygen atoms in total. The molecule has 1 aliphatic heterocycles. The number of carbonyl (C=O) groups is 1. The Bertz CT molecular complexity index is 504. The van der Waals surface area contributed by atoms with Gasteiger partial charge in [-0.25, -0.2) is 4.79 Å². The van der Waals surface area contributed by atoms with Crippen molar-refractivity contribution in [2.45, 2.75) is 32.3 Å². The molecule has 0 bridgehead atoms. The fourth-order valence-electron chi connectivity index (χ4n) is 2.62. The molecule has 3 N–H and O–H groups in total. The number of β-amino-alcohol motifs (C(OH)–C–C–N with tert-alkyl or cyclic N) is 1. The van der Waals surface area contributed by atoms with Crippen LogP contribution in [0.2, 0.25) is 5.02 Å². The highest BCUT2D eigenvalue weighted by Crippen LogP contribution is 2.22. The summed E-state index contributed by atoms with van der Waals surface area (Å²) in [5, 5.41) is 16.1. The van der Waals surface area contributed by atoms with Gasteiger partial charge < -0.3 is 20.6 Å². The van der Waals surface area contributed by atoms with Crippen molar-refractivity contribution in [3.63, 3.8) is 0 Å². The van der Waals surface area contributed by atoms with Crippen LogP contribution in [0.15, 0.2) is 18.2 Å². The zero-order valence-electron chi connectivity index (χ0n) is 12.9. The summed E-state index contributed by atoms with van der Waals surface area (Å²) in [5.74, 6) is 0. The van der Waals surface area contributed by atoms with E-state index in [9.17, 15) is 9.90 Å². The SMILES string of the molecule is Cc1c(Cl)cccc1NC(=O)NC[C@H](O)CN1CCCCC1. The first kappa shape index (κ1) is 17.1. The van der Waals surface area contributed by atoms with Crippen molar-refractivity contribution in [3.8, 4) is 0 Å². The van der Waals surface area contributed by atoms with Crippen LogP contribution in [-0.4, -0.2) is 48.3 Å². The molecule has 2 rings (SSSR count). The van der Waals surface area contributed by atoms with Crippen LogP contribution in [-0.2, 0) is 0 Å². The van der Waals surface area contributed by atoms with Gasteiger partial charge in [0.05, 0.1) is 6.10 Å². The van der Waals surface area contributed by atoms with Crippen molar-refractivity contribution in [2.75, 3.05) is 31.5 Å². The van der Waals surface area contributed by atoms with Crippen LogP contribution in [0.5, 0.6) is 0 Å². The van der Waals surface area contributed by atoms with Crippen LogP contribution >= 0.6 is 11.6 Å². The number of urea groups is 1. The number of carbonyl (C=O) groups excluding carboxylic acids is 1. The summed E-state index contributed by atoms with van der Waals surface area (Å²) in [6.07, 6.45) is 3.10. The number of hydrogen-bond donors (Lipinski definition) is 3. The van der Waals surface area contributed by atoms with E-state index in [1.165, 1.54) is 19.3 Å². The Labute approximate surface area is 136 Å². The number of halogens is 1. The molecule has 0 aromatic heterocycles. The molecule has 6 heteroatoms. The zero-order chi connectivity index (χ0) is 15.9. The third-order valence-corrected chi connectivity index (χ3v) is 4.34. The topological polar surface area (TPSA) is 64.6 Å². The van der Waals surface area contributed by atoms with Crippen LogP contribution in [0.4, 0.5) is 10.5 Å². The van der Waals surface area contributed by atoms with Gasteiger partial charge in [-0.05, 0) is 50.6 Å². The second-order valence-electron chi connectivity index (χ2n) is 5.76. The molecule has 0 radical (unpaired) electrons. The fraction of sp³-hybridized carbons (Fsp3) is 0.562. The van der Waals surface area contributed by atoms with Crippen molar-refractivity contribution in [1.82, 2.24) is 10.2 Å². The maximum atomic E-state index is 11.9. The van der Waals surface area contributed by atoms with Gasteiger partial charge in [0.25, 0.3) is 0 Å². The molecule has 1 aromatic carbocycles. The number of aliphatic hydroxyl groups excluding tert-OH is 1. The molecule has 1 atom stereocenters. The molecule has 0 unspecified atom stereocenters. The lowest BCUT2D eigenvalue weighted by Gasteiger charge is -2.28. The molecular formula is C16H24ClN3O2. The minimum absolute atomic E-state index is 0.238. The largest absolute Gasteiger partial charge is 0.390 e. The zero-order valence-corrected chi connectivity index (χ0v) is 13.7. The van der Waals surface area contributed by atoms with Crippen molar-refractivity contribution in [2.24, 2.45) is 0 Å². The number of aliphatic hydroxyl groups is 1. The van der Waals surface area contributed by atoms with Crippen LogP contribution in [0.25, 0.3) is 0 Å². The summed E-state index contributed by atoms with van der Waals surface area (Å²) in [4.78, 5) is 14.1. The molecular weight excluding hydrogens is 302 g/mol. The van der Waals surface area contributed by atoms with Crippen LogP contribution in [0.1, 0.15) is 24.8 Å². The number of benzene rings is 1. The molecule has 0 aliphatic carbocycles. The van der Waals surface area contributed by atoms with Crippen molar-refractivity contribution < 1.29 is 9.90 Å². The van der Waals surface area contributed by atoms with E-state index in [4.69, 9.17) is 11.6 Å². The van der Waals surface area contributed by atoms with Crippen LogP contribution in [0, 0.1) is 6.92 Å². The predicted octanol–water partition coefficient (Wildman–Crippen LogP) is 2.62. The minimum atomic E-state index is -0.552. The standard InChI is InChI=1S/C16H24ClN3O2/c1-12-14(17)6-5-7-15(12)19-16(22)18-10-13(21)11-20-8-3-2-4-9-20/h5-7,13,21H,2-4,8-11H2,1H3,(H2,18,19,22)/t13-/m0/s1. The van der Waals surface area contributed by atoms with Gasteiger partial charge in [-0.2, -0.15) is 0 Å². The second-order valence-corrected chi connectivity index (χ2v) is 6.17. The lowest BCUT2D eigenvalue weighted by Crippen LogP contribution is -2.43. The first-order valence-electron chi connectivity index (χ1n) is 7.76. The van der Waals surface area contributed by atoms with Gasteiger partial charge in [0.1, 0.15) is 0 Å². The quantitative estimate of drug-likeness (QED) is 0.779. The van der Waals surface area contributed by atoms with Gasteiger partial charge in [0.15, 0.2) is 0 Å². The average molecular weight is 326 g/mol. The lowest BCUT2D eigenvalue weighted by atomic mass is 10.1. The lowest BCUT2D eigenvalue weighted by molar-refractivity contribution is 0.102. The van der Waals surface area contributed by atoms with Gasteiger partial charge in [-0.3, -0.25) is 0 Å². The van der Waals surface area contributed by atoms with Gasteiger partial charge in [0, 0.05) is 23.8 Å². The Morgan fingerprint density at radius 3 is 2.82 bits per heavy atom. The predicted molar refractivity (Wildman–Crippen MR) is 89.5 cm³/mol. The number of rotatable bonds is 5. The summed E-state index contributed by atoms with van der Waals surface area (Å²) in [5.41, 5.74) is 1.50. The third kappa shape index (κ3) is 5.16. The minimum Gasteiger partial charge on any atom is -0.390 e. The third-order valence-electron chi connectivity index (χ3n) is 3.93. The number of likely N-dealkylation sites (tertiary alicyclic amines) is 1. The van der Waals surface area contributed by atoms with Gasteiger partial charge >= 0.3 is 6.03 Å². The highest BCUT2D eigenvalue weighted by Gasteiger charge is 2.15. The van der Waals surface area contributed by atoms with E-state index in [0.29, 0.717) is 17.3 Å². The number of hydrogen-bond acceptors (Lipinski definition) is 3. The summed E-state index contributed by atoms with van der Waals surface area (Å²) in [6.45, 7) is 4.76. The van der Waals surface area contributed by atoms with Crippen molar-refractivity contribution >= 4 is 23.3 Å². The Morgan fingerprint density at radius 1 is 1.36 bits per heavy atom. The fourth-order valence-corrected chi connectivity index (χ4v) is 2.80. The van der Waals surface area contributed by atoms with E-state index in [1.54, 1.807) is 18.2 Å². The van der Waals surface area contributed by atoms with E-state index in [0.717, 1.165) is 18.7 Å². The molecule has 0 saturated carbocycles. The normalized spacial score (nSPS) is 17.0. The Hall–Kier alpha value is -1.30. The van der Waals surface area contributed by atoms with E-state index in [1.807, 2.05) is 6.92 Å². The summed E-state index contributed by atoms with van der Waals surface area (Å²) in [7, 11) is 0. The smallest absolute Gasteiger partial charge is 0.319 e. The summed E-state index contributed by atoms with van der Waals surface area (Å²) >= 11 is 6.02.